The van der Waals surface area contributed by atoms with Gasteiger partial charge in [-0.3, -0.25) is 14.0 Å². The fraction of sp³-hybridized carbons (Fsp3) is 0.462. The normalized spacial score (nSPS) is 18.9. The van der Waals surface area contributed by atoms with Crippen LogP contribution in [0.5, 0.6) is 11.5 Å². The van der Waals surface area contributed by atoms with E-state index >= 15 is 0 Å². The Balaban J connectivity index is 1.14. The van der Waals surface area contributed by atoms with Crippen molar-refractivity contribution in [3.05, 3.63) is 54.0 Å². The summed E-state index contributed by atoms with van der Waals surface area (Å²) in [5.74, 6) is 2.47. The van der Waals surface area contributed by atoms with Gasteiger partial charge in [0.1, 0.15) is 5.82 Å². The number of hydrogen-bond acceptors (Lipinski definition) is 6. The highest BCUT2D eigenvalue weighted by Crippen LogP contribution is 2.30. The second-order valence-electron chi connectivity index (χ2n) is 9.27. The Hall–Kier alpha value is -3.62. The predicted molar refractivity (Wildman–Crippen MR) is 129 cm³/mol. The van der Waals surface area contributed by atoms with Gasteiger partial charge in [-0.05, 0) is 49.1 Å². The summed E-state index contributed by atoms with van der Waals surface area (Å²) in [6.45, 7) is 2.43. The van der Waals surface area contributed by atoms with Crippen molar-refractivity contribution in [1.29, 1.82) is 0 Å². The second-order valence-corrected chi connectivity index (χ2v) is 9.27. The molecule has 2 aromatic heterocycles. The van der Waals surface area contributed by atoms with Crippen LogP contribution >= 0.6 is 0 Å². The molecule has 2 aliphatic heterocycles. The third-order valence-electron chi connectivity index (χ3n) is 7.19. The molecule has 1 unspecified atom stereocenters. The van der Waals surface area contributed by atoms with E-state index in [4.69, 9.17) is 9.47 Å². The molecule has 0 bridgehead atoms. The number of aromatic nitrogens is 3. The van der Waals surface area contributed by atoms with Gasteiger partial charge < -0.3 is 19.3 Å². The van der Waals surface area contributed by atoms with E-state index in [-0.39, 0.29) is 23.7 Å². The van der Waals surface area contributed by atoms with Gasteiger partial charge in [-0.2, -0.15) is 0 Å². The molecule has 35 heavy (non-hydrogen) atoms. The molecule has 9 heteroatoms. The van der Waals surface area contributed by atoms with Gasteiger partial charge in [0.2, 0.25) is 11.8 Å². The van der Waals surface area contributed by atoms with Crippen molar-refractivity contribution in [2.75, 3.05) is 40.4 Å². The summed E-state index contributed by atoms with van der Waals surface area (Å²) in [6, 6.07) is 11.7. The Morgan fingerprint density at radius 3 is 2.63 bits per heavy atom. The predicted octanol–water partition coefficient (Wildman–Crippen LogP) is 2.54. The number of methoxy groups -OCH3 is 2. The maximum absolute atomic E-state index is 13.2. The lowest BCUT2D eigenvalue weighted by atomic mass is 9.94. The topological polar surface area (TPSA) is 89.3 Å². The van der Waals surface area contributed by atoms with Gasteiger partial charge in [-0.25, -0.2) is 0 Å². The van der Waals surface area contributed by atoms with Gasteiger partial charge in [0.15, 0.2) is 17.1 Å². The summed E-state index contributed by atoms with van der Waals surface area (Å²) in [7, 11) is 3.22. The number of hydrogen-bond donors (Lipinski definition) is 0. The molecule has 1 atom stereocenters. The van der Waals surface area contributed by atoms with Crippen LogP contribution < -0.4 is 9.47 Å². The van der Waals surface area contributed by atoms with Crippen LogP contribution in [0.3, 0.4) is 0 Å². The summed E-state index contributed by atoms with van der Waals surface area (Å²) in [6.07, 6.45) is 4.68. The van der Waals surface area contributed by atoms with Crippen molar-refractivity contribution < 1.29 is 19.1 Å². The fourth-order valence-corrected chi connectivity index (χ4v) is 5.21. The minimum atomic E-state index is -0.265. The average molecular weight is 478 g/mol. The Labute approximate surface area is 204 Å². The molecule has 1 aromatic carbocycles. The standard InChI is InChI=1S/C26H31N5O4/c1-34-21-7-6-18(15-22(21)35-2)8-12-30-17-20(16-24(30)32)26(33)29-13-9-19(10-14-29)25-28-27-23-5-3-4-11-31(23)25/h3-7,11,15,19-20H,8-10,12-14,16-17H2,1-2H3. The maximum Gasteiger partial charge on any atom is 0.227 e. The highest BCUT2D eigenvalue weighted by Gasteiger charge is 2.37. The monoisotopic (exact) mass is 477 g/mol. The minimum Gasteiger partial charge on any atom is -0.493 e. The molecule has 2 saturated heterocycles. The number of carbonyl (C=O) groups is 2. The highest BCUT2D eigenvalue weighted by molar-refractivity contribution is 5.89. The molecule has 0 aliphatic carbocycles. The number of benzene rings is 1. The van der Waals surface area contributed by atoms with E-state index in [9.17, 15) is 9.59 Å². The zero-order chi connectivity index (χ0) is 24.4. The van der Waals surface area contributed by atoms with E-state index < -0.39 is 0 Å². The van der Waals surface area contributed by atoms with E-state index in [1.165, 1.54) is 0 Å². The highest BCUT2D eigenvalue weighted by atomic mass is 16.5. The van der Waals surface area contributed by atoms with Crippen molar-refractivity contribution in [3.63, 3.8) is 0 Å². The summed E-state index contributed by atoms with van der Waals surface area (Å²) in [4.78, 5) is 29.6. The van der Waals surface area contributed by atoms with Gasteiger partial charge >= 0.3 is 0 Å². The van der Waals surface area contributed by atoms with E-state index in [1.54, 1.807) is 14.2 Å². The first-order chi connectivity index (χ1) is 17.1. The lowest BCUT2D eigenvalue weighted by molar-refractivity contribution is -0.136. The van der Waals surface area contributed by atoms with E-state index in [1.807, 2.05) is 56.8 Å². The van der Waals surface area contributed by atoms with E-state index in [0.717, 1.165) is 29.9 Å². The lowest BCUT2D eigenvalue weighted by Crippen LogP contribution is -2.42. The third-order valence-corrected chi connectivity index (χ3v) is 7.19. The molecule has 0 saturated carbocycles. The maximum atomic E-state index is 13.2. The first-order valence-corrected chi connectivity index (χ1v) is 12.1. The zero-order valence-electron chi connectivity index (χ0n) is 20.2. The molecule has 0 N–H and O–H groups in total. The molecule has 0 spiro atoms. The fourth-order valence-electron chi connectivity index (χ4n) is 5.21. The number of likely N-dealkylation sites (tertiary alicyclic amines) is 2. The van der Waals surface area contributed by atoms with Crippen molar-refractivity contribution in [2.45, 2.75) is 31.6 Å². The molecule has 2 fully saturated rings. The van der Waals surface area contributed by atoms with Crippen LogP contribution in [0, 0.1) is 5.92 Å². The molecule has 2 aliphatic rings. The first-order valence-electron chi connectivity index (χ1n) is 12.1. The number of carbonyl (C=O) groups excluding carboxylic acids is 2. The lowest BCUT2D eigenvalue weighted by Gasteiger charge is -2.32. The molecule has 4 heterocycles. The van der Waals surface area contributed by atoms with Crippen LogP contribution in [0.25, 0.3) is 5.65 Å². The Kier molecular flexibility index (Phi) is 6.57. The van der Waals surface area contributed by atoms with Gasteiger partial charge in [-0.15, -0.1) is 10.2 Å². The number of nitrogens with zero attached hydrogens (tertiary/aromatic N) is 5. The summed E-state index contributed by atoms with van der Waals surface area (Å²) < 4.78 is 12.7. The van der Waals surface area contributed by atoms with Gasteiger partial charge in [0.05, 0.1) is 20.1 Å². The number of amides is 2. The molecule has 2 amide bonds. The Morgan fingerprint density at radius 2 is 1.86 bits per heavy atom. The van der Waals surface area contributed by atoms with Crippen LogP contribution in [0.15, 0.2) is 42.6 Å². The van der Waals surface area contributed by atoms with Crippen LogP contribution in [-0.4, -0.2) is 76.6 Å². The summed E-state index contributed by atoms with van der Waals surface area (Å²) in [5, 5.41) is 8.66. The minimum absolute atomic E-state index is 0.0497. The van der Waals surface area contributed by atoms with Crippen LogP contribution in [-0.2, 0) is 16.0 Å². The SMILES string of the molecule is COc1ccc(CCN2CC(C(=O)N3CCC(c4nnc5ccccn45)CC3)CC2=O)cc1OC. The molecule has 184 valence electrons. The number of pyridine rings is 1. The smallest absolute Gasteiger partial charge is 0.227 e. The van der Waals surface area contributed by atoms with Crippen molar-refractivity contribution in [2.24, 2.45) is 5.92 Å². The molecule has 0 radical (unpaired) electrons. The third kappa shape index (κ3) is 4.67. The van der Waals surface area contributed by atoms with Gasteiger partial charge in [0.25, 0.3) is 0 Å². The van der Waals surface area contributed by atoms with Crippen molar-refractivity contribution in [3.8, 4) is 11.5 Å². The Morgan fingerprint density at radius 1 is 1.06 bits per heavy atom. The quantitative estimate of drug-likeness (QED) is 0.520. The number of piperidine rings is 1. The Bertz CT molecular complexity index is 1220. The molecular formula is C26H31N5O4. The number of fused-ring (bicyclic) bond motifs is 1. The summed E-state index contributed by atoms with van der Waals surface area (Å²) >= 11 is 0. The molecular weight excluding hydrogens is 446 g/mol. The number of ether oxygens (including phenoxy) is 2. The van der Waals surface area contributed by atoms with Crippen molar-refractivity contribution >= 4 is 17.5 Å². The van der Waals surface area contributed by atoms with Crippen LogP contribution in [0.1, 0.15) is 36.6 Å². The molecule has 9 nitrogen and oxygen atoms in total. The molecule has 3 aromatic rings. The second kappa shape index (κ2) is 9.93. The largest absolute Gasteiger partial charge is 0.493 e. The van der Waals surface area contributed by atoms with E-state index in [0.29, 0.717) is 50.5 Å². The van der Waals surface area contributed by atoms with Gasteiger partial charge in [0, 0.05) is 44.7 Å². The van der Waals surface area contributed by atoms with Crippen LogP contribution in [0.2, 0.25) is 0 Å². The summed E-state index contributed by atoms with van der Waals surface area (Å²) in [5.41, 5.74) is 1.91. The zero-order valence-corrected chi connectivity index (χ0v) is 20.2. The van der Waals surface area contributed by atoms with Crippen molar-refractivity contribution in [1.82, 2.24) is 24.4 Å². The van der Waals surface area contributed by atoms with Gasteiger partial charge in [-0.1, -0.05) is 12.1 Å². The van der Waals surface area contributed by atoms with E-state index in [2.05, 4.69) is 10.2 Å². The first kappa shape index (κ1) is 23.1. The number of rotatable bonds is 7. The average Bonchev–Trinajstić information content (AvgIpc) is 3.50. The van der Waals surface area contributed by atoms with Crippen LogP contribution in [0.4, 0.5) is 0 Å². The molecule has 5 rings (SSSR count).